The maximum absolute atomic E-state index is 10.3. The molecule has 1 aliphatic carbocycles. The monoisotopic (exact) mass is 438 g/mol. The molecule has 2 aliphatic heterocycles. The lowest BCUT2D eigenvalue weighted by Crippen LogP contribution is -2.61. The number of hydrogen-bond acceptors (Lipinski definition) is 6. The van der Waals surface area contributed by atoms with Gasteiger partial charge in [0.1, 0.15) is 6.10 Å². The number of nitriles is 3. The summed E-state index contributed by atoms with van der Waals surface area (Å²) in [6.45, 7) is 2.09. The van der Waals surface area contributed by atoms with Crippen molar-refractivity contribution in [2.75, 3.05) is 0 Å². The Hall–Kier alpha value is -2.40. The van der Waals surface area contributed by atoms with Crippen molar-refractivity contribution in [1.82, 2.24) is 0 Å². The second-order valence-corrected chi connectivity index (χ2v) is 8.67. The molecule has 6 nitrogen and oxygen atoms in total. The lowest BCUT2D eigenvalue weighted by Gasteiger charge is -2.52. The molecule has 1 aromatic rings. The minimum atomic E-state index is -1.89. The van der Waals surface area contributed by atoms with Gasteiger partial charge in [-0.25, -0.2) is 0 Å². The third-order valence-corrected chi connectivity index (χ3v) is 7.51. The van der Waals surface area contributed by atoms with Gasteiger partial charge < -0.3 is 9.47 Å². The highest BCUT2D eigenvalue weighted by Gasteiger charge is 2.80. The Morgan fingerprint density at radius 3 is 2.54 bits per heavy atom. The molecule has 0 spiro atoms. The summed E-state index contributed by atoms with van der Waals surface area (Å²) in [5, 5.41) is 39.4. The van der Waals surface area contributed by atoms with Crippen LogP contribution in [0.2, 0.25) is 0 Å². The van der Waals surface area contributed by atoms with Crippen LogP contribution in [-0.2, 0) is 9.47 Å². The van der Waals surface area contributed by atoms with Crippen LogP contribution in [0.3, 0.4) is 0 Å². The van der Waals surface area contributed by atoms with Crippen molar-refractivity contribution in [2.45, 2.75) is 44.5 Å². The van der Waals surface area contributed by atoms with Gasteiger partial charge in [0.2, 0.25) is 17.1 Å². The maximum atomic E-state index is 10.3. The summed E-state index contributed by atoms with van der Waals surface area (Å²) >= 11 is 3.49. The number of halogens is 1. The number of benzene rings is 1. The molecule has 28 heavy (non-hydrogen) atoms. The number of nitrogens with zero attached hydrogens (tertiary/aromatic N) is 3. The van der Waals surface area contributed by atoms with Crippen LogP contribution >= 0.6 is 15.9 Å². The van der Waals surface area contributed by atoms with E-state index in [9.17, 15) is 15.8 Å². The first-order valence-corrected chi connectivity index (χ1v) is 10.2. The smallest absolute Gasteiger partial charge is 0.217 e. The van der Waals surface area contributed by atoms with Gasteiger partial charge in [-0.2, -0.15) is 15.8 Å². The van der Waals surface area contributed by atoms with Crippen molar-refractivity contribution in [3.05, 3.63) is 34.3 Å². The molecule has 4 rings (SSSR count). The Balaban J connectivity index is 1.99. The molecule has 0 radical (unpaired) electrons. The van der Waals surface area contributed by atoms with E-state index in [0.29, 0.717) is 28.8 Å². The summed E-state index contributed by atoms with van der Waals surface area (Å²) in [4.78, 5) is 0. The first kappa shape index (κ1) is 18.9. The van der Waals surface area contributed by atoms with Gasteiger partial charge in [0.25, 0.3) is 0 Å². The van der Waals surface area contributed by atoms with E-state index in [2.05, 4.69) is 41.1 Å². The van der Waals surface area contributed by atoms with Gasteiger partial charge in [-0.3, -0.25) is 5.41 Å². The highest BCUT2D eigenvalue weighted by molar-refractivity contribution is 9.10. The van der Waals surface area contributed by atoms with Crippen LogP contribution in [0.4, 0.5) is 0 Å². The second-order valence-electron chi connectivity index (χ2n) is 7.82. The summed E-state index contributed by atoms with van der Waals surface area (Å²) in [5.41, 5.74) is -2.94. The molecule has 0 aromatic heterocycles. The van der Waals surface area contributed by atoms with Gasteiger partial charge in [-0.1, -0.05) is 47.5 Å². The maximum Gasteiger partial charge on any atom is 0.217 e. The van der Waals surface area contributed by atoms with Crippen molar-refractivity contribution in [2.24, 2.45) is 22.7 Å². The Labute approximate surface area is 172 Å². The largest absolute Gasteiger partial charge is 0.447 e. The van der Waals surface area contributed by atoms with E-state index in [1.165, 1.54) is 0 Å². The molecule has 7 heteroatoms. The summed E-state index contributed by atoms with van der Waals surface area (Å²) in [7, 11) is 0. The fourth-order valence-corrected chi connectivity index (χ4v) is 5.75. The number of ether oxygens (including phenoxy) is 2. The van der Waals surface area contributed by atoms with Gasteiger partial charge in [0.15, 0.2) is 5.41 Å². The van der Waals surface area contributed by atoms with Gasteiger partial charge in [-0.15, -0.1) is 0 Å². The van der Waals surface area contributed by atoms with Crippen LogP contribution in [-0.4, -0.2) is 11.7 Å². The molecule has 142 valence electrons. The zero-order chi connectivity index (χ0) is 20.2. The van der Waals surface area contributed by atoms with Gasteiger partial charge in [0.05, 0.1) is 24.1 Å². The number of hydrogen-bond donors (Lipinski definition) is 1. The van der Waals surface area contributed by atoms with Gasteiger partial charge >= 0.3 is 0 Å². The minimum Gasteiger partial charge on any atom is -0.447 e. The number of rotatable bonds is 2. The van der Waals surface area contributed by atoms with E-state index < -0.39 is 28.6 Å². The first-order valence-electron chi connectivity index (χ1n) is 9.38. The Bertz CT molecular complexity index is 960. The lowest BCUT2D eigenvalue weighted by atomic mass is 9.50. The third kappa shape index (κ3) is 2.05. The van der Waals surface area contributed by atoms with Crippen LogP contribution in [0, 0.1) is 62.1 Å². The Kier molecular flexibility index (Phi) is 4.27. The topological polar surface area (TPSA) is 114 Å². The van der Waals surface area contributed by atoms with E-state index in [1.807, 2.05) is 12.1 Å². The third-order valence-electron chi connectivity index (χ3n) is 6.78. The molecule has 1 N–H and O–H groups in total. The fraction of sp³-hybridized carbons (Fsp3) is 0.524. The summed E-state index contributed by atoms with van der Waals surface area (Å²) in [6.07, 6.45) is 1.92. The van der Waals surface area contributed by atoms with Crippen LogP contribution in [0.15, 0.2) is 28.7 Å². The highest BCUT2D eigenvalue weighted by atomic mass is 79.9. The minimum absolute atomic E-state index is 0.311. The molecular formula is C21H19BrN4O2. The van der Waals surface area contributed by atoms with E-state index in [-0.39, 0.29) is 5.90 Å². The van der Waals surface area contributed by atoms with E-state index in [1.54, 1.807) is 12.1 Å². The predicted molar refractivity (Wildman–Crippen MR) is 102 cm³/mol. The van der Waals surface area contributed by atoms with Crippen molar-refractivity contribution in [3.8, 4) is 18.2 Å². The molecule has 3 fully saturated rings. The highest BCUT2D eigenvalue weighted by Crippen LogP contribution is 2.70. The quantitative estimate of drug-likeness (QED) is 0.724. The summed E-state index contributed by atoms with van der Waals surface area (Å²) in [6, 6.07) is 13.6. The summed E-state index contributed by atoms with van der Waals surface area (Å²) < 4.78 is 13.1. The van der Waals surface area contributed by atoms with E-state index in [0.717, 1.165) is 12.8 Å². The average molecular weight is 439 g/mol. The normalized spacial score (nSPS) is 37.7. The number of nitrogens with one attached hydrogen (secondary N) is 1. The van der Waals surface area contributed by atoms with Crippen molar-refractivity contribution < 1.29 is 9.47 Å². The molecule has 5 unspecified atom stereocenters. The molecule has 5 atom stereocenters. The van der Waals surface area contributed by atoms with Crippen molar-refractivity contribution in [3.63, 3.8) is 0 Å². The van der Waals surface area contributed by atoms with E-state index in [4.69, 9.17) is 14.9 Å². The zero-order valence-electron chi connectivity index (χ0n) is 15.4. The molecule has 1 aromatic carbocycles. The fourth-order valence-electron chi connectivity index (χ4n) is 5.25. The van der Waals surface area contributed by atoms with Crippen molar-refractivity contribution in [1.29, 1.82) is 21.2 Å². The first-order chi connectivity index (χ1) is 13.4. The van der Waals surface area contributed by atoms with Crippen LogP contribution in [0.1, 0.15) is 44.3 Å². The van der Waals surface area contributed by atoms with Gasteiger partial charge in [-0.05, 0) is 30.4 Å². The Morgan fingerprint density at radius 1 is 1.21 bits per heavy atom. The molecule has 2 heterocycles. The molecule has 2 saturated heterocycles. The zero-order valence-corrected chi connectivity index (χ0v) is 17.0. The molecule has 2 bridgehead atoms. The second kappa shape index (κ2) is 6.31. The SMILES string of the molecule is CCC1CCC23OC(=N)C(C#N)(C2C1)C(C#N)(C#N)C(c1ccccc1Br)O3. The van der Waals surface area contributed by atoms with Gasteiger partial charge in [0, 0.05) is 10.9 Å². The Morgan fingerprint density at radius 2 is 1.93 bits per heavy atom. The summed E-state index contributed by atoms with van der Waals surface area (Å²) in [5.74, 6) is -1.63. The standard InChI is InChI=1S/C21H19BrN4O2/c1-2-13-7-8-21-16(9-13)20(12-25,18(26)28-21)19(10-23,11-24)17(27-21)14-5-3-4-6-15(14)22/h3-6,13,16-17,26H,2,7-9H2,1H3. The molecule has 3 aliphatic rings. The van der Waals surface area contributed by atoms with Crippen LogP contribution in [0.25, 0.3) is 0 Å². The molecule has 1 saturated carbocycles. The molecule has 0 amide bonds. The average Bonchev–Trinajstić information content (AvgIpc) is 2.92. The van der Waals surface area contributed by atoms with Crippen LogP contribution in [0.5, 0.6) is 0 Å². The molecular weight excluding hydrogens is 420 g/mol. The van der Waals surface area contributed by atoms with Crippen LogP contribution < -0.4 is 0 Å². The lowest BCUT2D eigenvalue weighted by molar-refractivity contribution is -0.299. The van der Waals surface area contributed by atoms with Crippen molar-refractivity contribution >= 4 is 21.8 Å². The predicted octanol–water partition coefficient (Wildman–Crippen LogP) is 4.59. The van der Waals surface area contributed by atoms with E-state index >= 15 is 0 Å².